The molecular weight excluding hydrogens is 739 g/mol. The van der Waals surface area contributed by atoms with Crippen molar-refractivity contribution < 1.29 is 4.74 Å². The molecule has 0 saturated carbocycles. The zero-order chi connectivity index (χ0) is 41.6. The molecule has 0 amide bonds. The molecule has 0 spiro atoms. The van der Waals surface area contributed by atoms with E-state index in [0.29, 0.717) is 17.8 Å². The number of aliphatic imine (C=N–C) groups is 1. The number of hydrogen-bond donors (Lipinski definition) is 0. The molecule has 4 aromatic carbocycles. The Balaban J connectivity index is 1.03. The van der Waals surface area contributed by atoms with E-state index in [9.17, 15) is 0 Å². The minimum Gasteiger partial charge on any atom is -0.457 e. The van der Waals surface area contributed by atoms with Crippen LogP contribution in [0.4, 0.5) is 0 Å². The van der Waals surface area contributed by atoms with Crippen molar-refractivity contribution in [3.8, 4) is 11.5 Å². The van der Waals surface area contributed by atoms with Crippen molar-refractivity contribution >= 4 is 17.4 Å². The zero-order valence-corrected chi connectivity index (χ0v) is 36.0. The quantitative estimate of drug-likeness (QED) is 0.129. The van der Waals surface area contributed by atoms with Crippen molar-refractivity contribution in [1.29, 1.82) is 0 Å². The van der Waals surface area contributed by atoms with Gasteiger partial charge in [-0.05, 0) is 120 Å². The molecule has 10 rings (SSSR count). The Labute approximate surface area is 362 Å². The number of rotatable bonds is 8. The van der Waals surface area contributed by atoms with Gasteiger partial charge in [0.1, 0.15) is 11.5 Å². The van der Waals surface area contributed by atoms with Crippen LogP contribution in [0.3, 0.4) is 0 Å². The fraction of sp³-hybridized carbons (Fsp3) is 0.271. The summed E-state index contributed by atoms with van der Waals surface area (Å²) in [6, 6.07) is 35.9. The molecule has 2 nitrogen and oxygen atoms in total. The molecule has 0 fully saturated rings. The van der Waals surface area contributed by atoms with Crippen molar-refractivity contribution in [1.82, 2.24) is 0 Å². The predicted octanol–water partition coefficient (Wildman–Crippen LogP) is 13.5. The van der Waals surface area contributed by atoms with E-state index in [1.165, 1.54) is 67.8 Å². The van der Waals surface area contributed by atoms with Gasteiger partial charge >= 0.3 is 0 Å². The molecule has 1 heterocycles. The highest BCUT2D eigenvalue weighted by Gasteiger charge is 2.54. The van der Waals surface area contributed by atoms with Gasteiger partial charge in [0.05, 0.1) is 16.8 Å². The molecular formula is C59H57NO. The highest BCUT2D eigenvalue weighted by Crippen LogP contribution is 2.62. The topological polar surface area (TPSA) is 21.6 Å². The van der Waals surface area contributed by atoms with Crippen LogP contribution in [-0.4, -0.2) is 5.71 Å². The van der Waals surface area contributed by atoms with E-state index in [2.05, 4.69) is 197 Å². The minimum absolute atomic E-state index is 0.223. The summed E-state index contributed by atoms with van der Waals surface area (Å²) in [5, 5.41) is 2.68. The lowest BCUT2D eigenvalue weighted by Gasteiger charge is -2.52. The van der Waals surface area contributed by atoms with Gasteiger partial charge in [-0.1, -0.05) is 178 Å². The van der Waals surface area contributed by atoms with E-state index in [1.807, 2.05) is 0 Å². The molecule has 6 aliphatic rings. The molecule has 1 aliphatic heterocycles. The Morgan fingerprint density at radius 2 is 1.57 bits per heavy atom. The highest BCUT2D eigenvalue weighted by atomic mass is 16.5. The lowest BCUT2D eigenvalue weighted by atomic mass is 9.51. The van der Waals surface area contributed by atoms with E-state index in [1.54, 1.807) is 0 Å². The number of allylic oxidation sites excluding steroid dienone is 14. The van der Waals surface area contributed by atoms with Crippen molar-refractivity contribution in [2.24, 2.45) is 28.2 Å². The molecule has 0 N–H and O–H groups in total. The maximum atomic E-state index is 6.64. The van der Waals surface area contributed by atoms with Gasteiger partial charge in [0.2, 0.25) is 0 Å². The first-order chi connectivity index (χ1) is 29.8. The van der Waals surface area contributed by atoms with Gasteiger partial charge in [-0.2, -0.15) is 0 Å². The lowest BCUT2D eigenvalue weighted by Crippen LogP contribution is -2.46. The predicted molar refractivity (Wildman–Crippen MR) is 255 cm³/mol. The summed E-state index contributed by atoms with van der Waals surface area (Å²) in [4.78, 5) is 5.44. The summed E-state index contributed by atoms with van der Waals surface area (Å²) in [6.07, 6.45) is 35.9. The van der Waals surface area contributed by atoms with Crippen LogP contribution in [-0.2, 0) is 5.41 Å². The molecule has 0 radical (unpaired) electrons. The fourth-order valence-electron chi connectivity index (χ4n) is 11.6. The van der Waals surface area contributed by atoms with Gasteiger partial charge < -0.3 is 4.74 Å². The van der Waals surface area contributed by atoms with E-state index in [0.717, 1.165) is 55.0 Å². The Morgan fingerprint density at radius 1 is 0.820 bits per heavy atom. The van der Waals surface area contributed by atoms with E-state index < -0.39 is 5.41 Å². The standard InChI is InChI=1S/C59H57NO/c1-40-18-6-8-20-48(40)42(3)60-55(46-32-35-52-45(39-46)29-28-43-19-7-9-23-51(43)52)38-41(2)49-21-10-11-22-50(49)44-30-33-47(34-31-44)59(58(4)36-16-5-17-37-58)53-24-12-14-26-56(53)61-57-27-15-13-25-54(57)59/h5,7,9-10,12-17,19-21,23-28,30-36,38-40,45,49-50H,3,6,8,11,18,22,29,37H2,1-2,4H3/b41-38+,60-55?. The molecule has 4 aromatic rings. The smallest absolute Gasteiger partial charge is 0.131 e. The molecule has 0 bridgehead atoms. The van der Waals surface area contributed by atoms with Crippen molar-refractivity contribution in [3.05, 3.63) is 226 Å². The van der Waals surface area contributed by atoms with Crippen molar-refractivity contribution in [3.63, 3.8) is 0 Å². The number of nitrogens with zero attached hydrogens (tertiary/aromatic N) is 1. The number of benzene rings is 4. The fourth-order valence-corrected chi connectivity index (χ4v) is 11.6. The normalized spacial score (nSPS) is 26.1. The molecule has 5 atom stereocenters. The molecule has 5 aliphatic carbocycles. The van der Waals surface area contributed by atoms with Crippen LogP contribution in [0.2, 0.25) is 0 Å². The third-order valence-corrected chi connectivity index (χ3v) is 14.7. The molecule has 2 heteroatoms. The lowest BCUT2D eigenvalue weighted by molar-refractivity contribution is 0.261. The van der Waals surface area contributed by atoms with Crippen molar-refractivity contribution in [2.45, 2.75) is 77.0 Å². The third kappa shape index (κ3) is 6.85. The van der Waals surface area contributed by atoms with Crippen LogP contribution in [0.15, 0.2) is 198 Å². The molecule has 304 valence electrons. The number of hydrogen-bond acceptors (Lipinski definition) is 2. The minimum atomic E-state index is -0.449. The summed E-state index contributed by atoms with van der Waals surface area (Å²) < 4.78 is 6.64. The summed E-state index contributed by atoms with van der Waals surface area (Å²) in [5.74, 6) is 3.27. The molecule has 61 heavy (non-hydrogen) atoms. The maximum absolute atomic E-state index is 6.64. The van der Waals surface area contributed by atoms with Crippen molar-refractivity contribution in [2.75, 3.05) is 0 Å². The summed E-state index contributed by atoms with van der Waals surface area (Å²) >= 11 is 0. The highest BCUT2D eigenvalue weighted by molar-refractivity contribution is 6.12. The van der Waals surface area contributed by atoms with Crippen LogP contribution in [0.1, 0.15) is 93.9 Å². The maximum Gasteiger partial charge on any atom is 0.131 e. The van der Waals surface area contributed by atoms with Gasteiger partial charge in [-0.15, -0.1) is 0 Å². The van der Waals surface area contributed by atoms with Crippen LogP contribution >= 0.6 is 0 Å². The van der Waals surface area contributed by atoms with Crippen LogP contribution in [0.5, 0.6) is 11.5 Å². The largest absolute Gasteiger partial charge is 0.457 e. The Morgan fingerprint density at radius 3 is 2.33 bits per heavy atom. The van der Waals surface area contributed by atoms with Gasteiger partial charge in [-0.25, -0.2) is 4.99 Å². The Hall–Kier alpha value is -5.99. The second-order valence-corrected chi connectivity index (χ2v) is 18.4. The average Bonchev–Trinajstić information content (AvgIpc) is 3.30. The summed E-state index contributed by atoms with van der Waals surface area (Å²) in [7, 11) is 0. The Bertz CT molecular complexity index is 2730. The summed E-state index contributed by atoms with van der Waals surface area (Å²) in [6.45, 7) is 11.7. The molecule has 0 saturated heterocycles. The first-order valence-electron chi connectivity index (χ1n) is 22.7. The molecule has 5 unspecified atom stereocenters. The van der Waals surface area contributed by atoms with Crippen LogP contribution in [0, 0.1) is 23.2 Å². The van der Waals surface area contributed by atoms with E-state index >= 15 is 0 Å². The zero-order valence-electron chi connectivity index (χ0n) is 36.0. The number of fused-ring (bicyclic) bond motifs is 4. The van der Waals surface area contributed by atoms with Gasteiger partial charge in [0.15, 0.2) is 0 Å². The summed E-state index contributed by atoms with van der Waals surface area (Å²) in [5.41, 5.74) is 11.6. The number of ether oxygens (including phenoxy) is 1. The van der Waals surface area contributed by atoms with Gasteiger partial charge in [-0.3, -0.25) is 0 Å². The molecule has 0 aromatic heterocycles. The van der Waals surface area contributed by atoms with Gasteiger partial charge in [0.25, 0.3) is 0 Å². The third-order valence-electron chi connectivity index (χ3n) is 14.7. The van der Waals surface area contributed by atoms with Gasteiger partial charge in [0, 0.05) is 28.4 Å². The Kier molecular flexibility index (Phi) is 10.4. The second-order valence-electron chi connectivity index (χ2n) is 18.4. The monoisotopic (exact) mass is 795 g/mol. The first kappa shape index (κ1) is 39.2. The van der Waals surface area contributed by atoms with Crippen LogP contribution in [0.25, 0.3) is 11.6 Å². The average molecular weight is 796 g/mol. The van der Waals surface area contributed by atoms with E-state index in [-0.39, 0.29) is 11.3 Å². The van der Waals surface area contributed by atoms with Crippen LogP contribution < -0.4 is 15.2 Å². The van der Waals surface area contributed by atoms with E-state index in [4.69, 9.17) is 9.73 Å². The SMILES string of the molecule is C=C(N=C(/C=C(\C)C1C=CCCC1c1ccc(C2(C3(C)C=CC=CC3)c3ccccc3Oc3ccccc32)cc1)C1=CC2CC=c3ccccc3=C2C=C1)C1=CCCCC1C. The second kappa shape index (κ2) is 16.1. The number of para-hydroxylation sites is 2. The first-order valence-corrected chi connectivity index (χ1v) is 22.7.